The molecule has 0 spiro atoms. The van der Waals surface area contributed by atoms with E-state index in [0.717, 1.165) is 49.4 Å². The van der Waals surface area contributed by atoms with E-state index < -0.39 is 11.7 Å². The van der Waals surface area contributed by atoms with Gasteiger partial charge in [-0.25, -0.2) is 0 Å². The average Bonchev–Trinajstić information content (AvgIpc) is 3.23. The Morgan fingerprint density at radius 1 is 1.14 bits per heavy atom. The fourth-order valence-corrected chi connectivity index (χ4v) is 3.83. The number of hydrogen-bond acceptors (Lipinski definition) is 2. The molecular weight excluding hydrogens is 381 g/mol. The van der Waals surface area contributed by atoms with E-state index in [2.05, 4.69) is 5.32 Å². The third-order valence-electron chi connectivity index (χ3n) is 5.38. The van der Waals surface area contributed by atoms with Gasteiger partial charge in [-0.05, 0) is 35.9 Å². The van der Waals surface area contributed by atoms with Crippen LogP contribution in [0, 0.1) is 0 Å². The largest absolute Gasteiger partial charge is 0.497 e. The number of quaternary nitrogens is 1. The first kappa shape index (κ1) is 21.2. The summed E-state index contributed by atoms with van der Waals surface area (Å²) in [7, 11) is 1.62. The summed E-state index contributed by atoms with van der Waals surface area (Å²) in [5.41, 5.74) is 0.731. The fourth-order valence-electron chi connectivity index (χ4n) is 3.83. The van der Waals surface area contributed by atoms with E-state index in [0.29, 0.717) is 12.1 Å². The molecule has 0 unspecified atom stereocenters. The molecule has 156 valence electrons. The normalized spacial score (nSPS) is 15.9. The van der Waals surface area contributed by atoms with Gasteiger partial charge in [0.15, 0.2) is 0 Å². The monoisotopic (exact) mass is 407 g/mol. The Kier molecular flexibility index (Phi) is 6.79. The first-order valence-corrected chi connectivity index (χ1v) is 9.78. The second-order valence-corrected chi connectivity index (χ2v) is 7.37. The average molecular weight is 407 g/mol. The molecule has 0 aromatic heterocycles. The molecule has 1 fully saturated rings. The number of methoxy groups -OCH3 is 1. The van der Waals surface area contributed by atoms with Gasteiger partial charge in [0.2, 0.25) is 5.91 Å². The van der Waals surface area contributed by atoms with E-state index in [1.807, 2.05) is 24.3 Å². The van der Waals surface area contributed by atoms with Crippen molar-refractivity contribution in [2.24, 2.45) is 0 Å². The van der Waals surface area contributed by atoms with Crippen LogP contribution in [0.5, 0.6) is 5.75 Å². The lowest BCUT2D eigenvalue weighted by Crippen LogP contribution is -3.11. The molecule has 3 rings (SSSR count). The molecule has 1 saturated heterocycles. The van der Waals surface area contributed by atoms with Gasteiger partial charge >= 0.3 is 6.18 Å². The number of amides is 1. The molecule has 4 nitrogen and oxygen atoms in total. The van der Waals surface area contributed by atoms with Gasteiger partial charge in [-0.1, -0.05) is 18.2 Å². The summed E-state index contributed by atoms with van der Waals surface area (Å²) < 4.78 is 43.8. The van der Waals surface area contributed by atoms with Gasteiger partial charge in [-0.3, -0.25) is 4.79 Å². The quantitative estimate of drug-likeness (QED) is 0.741. The van der Waals surface area contributed by atoms with Gasteiger partial charge in [0.25, 0.3) is 0 Å². The number of halogens is 3. The Labute approximate surface area is 168 Å². The summed E-state index contributed by atoms with van der Waals surface area (Å²) in [6.45, 7) is 2.53. The molecule has 2 N–H and O–H groups in total. The molecule has 0 saturated carbocycles. The van der Waals surface area contributed by atoms with Crippen LogP contribution in [0.4, 0.5) is 13.2 Å². The third kappa shape index (κ3) is 5.73. The summed E-state index contributed by atoms with van der Waals surface area (Å²) in [5, 5.41) is 2.92. The Balaban J connectivity index is 1.65. The molecule has 0 aliphatic carbocycles. The fraction of sp³-hybridized carbons (Fsp3) is 0.409. The van der Waals surface area contributed by atoms with Crippen LogP contribution >= 0.6 is 0 Å². The molecule has 1 aliphatic rings. The summed E-state index contributed by atoms with van der Waals surface area (Å²) in [4.78, 5) is 13.8. The highest BCUT2D eigenvalue weighted by molar-refractivity contribution is 5.78. The van der Waals surface area contributed by atoms with Gasteiger partial charge in [0.05, 0.1) is 38.7 Å². The highest BCUT2D eigenvalue weighted by atomic mass is 19.4. The van der Waals surface area contributed by atoms with Crippen LogP contribution in [-0.2, 0) is 17.4 Å². The molecule has 1 aliphatic heterocycles. The number of hydrogen-bond donors (Lipinski definition) is 2. The van der Waals surface area contributed by atoms with Crippen molar-refractivity contribution in [1.82, 2.24) is 5.32 Å². The van der Waals surface area contributed by atoms with Gasteiger partial charge in [0, 0.05) is 18.4 Å². The molecule has 1 amide bonds. The summed E-state index contributed by atoms with van der Waals surface area (Å²) in [6.07, 6.45) is -2.18. The van der Waals surface area contributed by atoms with Gasteiger partial charge in [-0.2, -0.15) is 13.2 Å². The Bertz CT molecular complexity index is 816. The number of carbonyl (C=O) groups excluding carboxylic acids is 1. The van der Waals surface area contributed by atoms with Crippen LogP contribution in [0.2, 0.25) is 0 Å². The lowest BCUT2D eigenvalue weighted by atomic mass is 10.0. The minimum atomic E-state index is -4.41. The topological polar surface area (TPSA) is 42.8 Å². The molecule has 2 aromatic rings. The third-order valence-corrected chi connectivity index (χ3v) is 5.38. The first-order valence-electron chi connectivity index (χ1n) is 9.78. The smallest absolute Gasteiger partial charge is 0.416 e. The highest BCUT2D eigenvalue weighted by Gasteiger charge is 2.31. The number of nitrogens with one attached hydrogen (secondary N) is 2. The Morgan fingerprint density at radius 3 is 2.45 bits per heavy atom. The summed E-state index contributed by atoms with van der Waals surface area (Å²) in [5.74, 6) is 0.499. The number of benzene rings is 2. The zero-order valence-electron chi connectivity index (χ0n) is 16.4. The van der Waals surface area contributed by atoms with E-state index in [1.54, 1.807) is 13.2 Å². The van der Waals surface area contributed by atoms with E-state index in [-0.39, 0.29) is 18.4 Å². The number of rotatable bonds is 7. The van der Waals surface area contributed by atoms with Crippen molar-refractivity contribution in [2.45, 2.75) is 31.5 Å². The molecule has 29 heavy (non-hydrogen) atoms. The molecule has 2 aromatic carbocycles. The van der Waals surface area contributed by atoms with Crippen LogP contribution in [0.1, 0.15) is 35.6 Å². The van der Waals surface area contributed by atoms with Gasteiger partial charge in [-0.15, -0.1) is 0 Å². The van der Waals surface area contributed by atoms with Crippen molar-refractivity contribution < 1.29 is 27.6 Å². The van der Waals surface area contributed by atoms with Crippen molar-refractivity contribution in [3.63, 3.8) is 0 Å². The van der Waals surface area contributed by atoms with Crippen LogP contribution < -0.4 is 15.0 Å². The summed E-state index contributed by atoms with van der Waals surface area (Å²) >= 11 is 0. The van der Waals surface area contributed by atoms with Crippen molar-refractivity contribution in [2.75, 3.05) is 26.7 Å². The van der Waals surface area contributed by atoms with E-state index in [9.17, 15) is 18.0 Å². The second-order valence-electron chi connectivity index (χ2n) is 7.37. The van der Waals surface area contributed by atoms with Crippen molar-refractivity contribution in [3.05, 3.63) is 65.2 Å². The minimum Gasteiger partial charge on any atom is -0.497 e. The number of ether oxygens (including phenoxy) is 1. The lowest BCUT2D eigenvalue weighted by Gasteiger charge is -2.25. The number of alkyl halides is 3. The predicted molar refractivity (Wildman–Crippen MR) is 104 cm³/mol. The van der Waals surface area contributed by atoms with Crippen LogP contribution in [0.15, 0.2) is 48.5 Å². The van der Waals surface area contributed by atoms with Crippen LogP contribution in [-0.4, -0.2) is 32.7 Å². The maximum Gasteiger partial charge on any atom is 0.416 e. The summed E-state index contributed by atoms with van der Waals surface area (Å²) in [6, 6.07) is 12.9. The molecule has 0 radical (unpaired) electrons. The van der Waals surface area contributed by atoms with E-state index >= 15 is 0 Å². The minimum absolute atomic E-state index is 0.0748. The second kappa shape index (κ2) is 9.31. The zero-order valence-corrected chi connectivity index (χ0v) is 16.4. The van der Waals surface area contributed by atoms with Crippen molar-refractivity contribution >= 4 is 5.91 Å². The number of carbonyl (C=O) groups is 1. The zero-order chi connectivity index (χ0) is 20.9. The standard InChI is InChI=1S/C22H25F3N2O2/c1-29-19-9-7-17(8-10-19)20(27-11-2-3-12-27)15-26-21(28)14-16-5-4-6-18(13-16)22(23,24)25/h4-10,13,20H,2-3,11-12,14-15H2,1H3,(H,26,28)/p+1/t20-/m0/s1. The molecular formula is C22H26F3N2O2+. The van der Waals surface area contributed by atoms with Crippen LogP contribution in [0.3, 0.4) is 0 Å². The maximum absolute atomic E-state index is 12.9. The number of likely N-dealkylation sites (tertiary alicyclic amines) is 1. The molecule has 1 atom stereocenters. The Hall–Kier alpha value is -2.54. The van der Waals surface area contributed by atoms with Gasteiger partial charge in [0.1, 0.15) is 11.8 Å². The highest BCUT2D eigenvalue weighted by Crippen LogP contribution is 2.29. The van der Waals surface area contributed by atoms with Crippen LogP contribution in [0.25, 0.3) is 0 Å². The lowest BCUT2D eigenvalue weighted by molar-refractivity contribution is -0.918. The van der Waals surface area contributed by atoms with E-state index in [1.165, 1.54) is 11.0 Å². The predicted octanol–water partition coefficient (Wildman–Crippen LogP) is 2.79. The molecule has 1 heterocycles. The maximum atomic E-state index is 12.9. The molecule has 0 bridgehead atoms. The van der Waals surface area contributed by atoms with Gasteiger partial charge < -0.3 is 15.0 Å². The van der Waals surface area contributed by atoms with Crippen molar-refractivity contribution in [3.8, 4) is 5.75 Å². The Morgan fingerprint density at radius 2 is 1.83 bits per heavy atom. The van der Waals surface area contributed by atoms with E-state index in [4.69, 9.17) is 4.74 Å². The SMILES string of the molecule is COc1ccc([C@H](CNC(=O)Cc2cccc(C(F)(F)F)c2)[NH+]2CCCC2)cc1. The van der Waals surface area contributed by atoms with Crippen molar-refractivity contribution in [1.29, 1.82) is 0 Å². The molecule has 7 heteroatoms. The first-order chi connectivity index (χ1) is 13.9.